The van der Waals surface area contributed by atoms with Crippen LogP contribution in [0.25, 0.3) is 22.4 Å². The van der Waals surface area contributed by atoms with E-state index in [-0.39, 0.29) is 0 Å². The van der Waals surface area contributed by atoms with Crippen molar-refractivity contribution in [3.8, 4) is 11.4 Å². The van der Waals surface area contributed by atoms with Crippen LogP contribution in [0, 0.1) is 0 Å². The quantitative estimate of drug-likeness (QED) is 0.753. The van der Waals surface area contributed by atoms with Gasteiger partial charge in [-0.3, -0.25) is 0 Å². The van der Waals surface area contributed by atoms with E-state index >= 15 is 0 Å². The molecule has 1 N–H and O–H groups in total. The lowest BCUT2D eigenvalue weighted by molar-refractivity contribution is 0.0844. The fourth-order valence-corrected chi connectivity index (χ4v) is 4.15. The summed E-state index contributed by atoms with van der Waals surface area (Å²) in [6.45, 7) is 6.08. The second kappa shape index (κ2) is 7.48. The summed E-state index contributed by atoms with van der Waals surface area (Å²) in [5, 5.41) is 1.05. The van der Waals surface area contributed by atoms with Crippen molar-refractivity contribution in [2.24, 2.45) is 0 Å². The average Bonchev–Trinajstić information content (AvgIpc) is 3.23. The molecule has 5 rings (SSSR count). The molecule has 0 spiro atoms. The van der Waals surface area contributed by atoms with Crippen molar-refractivity contribution in [2.45, 2.75) is 31.7 Å². The molecule has 1 atom stereocenters. The molecule has 146 valence electrons. The van der Waals surface area contributed by atoms with Crippen LogP contribution in [0.4, 0.5) is 5.82 Å². The van der Waals surface area contributed by atoms with Crippen molar-refractivity contribution in [1.82, 2.24) is 19.9 Å². The van der Waals surface area contributed by atoms with Gasteiger partial charge in [-0.1, -0.05) is 0 Å². The number of aromatic amines is 1. The van der Waals surface area contributed by atoms with Gasteiger partial charge in [0.15, 0.2) is 5.82 Å². The molecule has 28 heavy (non-hydrogen) atoms. The second-order valence-electron chi connectivity index (χ2n) is 7.58. The maximum atomic E-state index is 5.63. The van der Waals surface area contributed by atoms with Gasteiger partial charge in [0.1, 0.15) is 11.5 Å². The molecule has 2 fully saturated rings. The highest BCUT2D eigenvalue weighted by atomic mass is 16.5. The van der Waals surface area contributed by atoms with Crippen molar-refractivity contribution in [2.75, 3.05) is 37.9 Å². The molecule has 7 nitrogen and oxygen atoms in total. The largest absolute Gasteiger partial charge is 0.381 e. The first-order valence-corrected chi connectivity index (χ1v) is 10.0. The summed E-state index contributed by atoms with van der Waals surface area (Å²) < 4.78 is 11.2. The Morgan fingerprint density at radius 3 is 2.86 bits per heavy atom. The first kappa shape index (κ1) is 17.6. The van der Waals surface area contributed by atoms with Crippen LogP contribution >= 0.6 is 0 Å². The number of ether oxygens (including phenoxy) is 2. The molecular formula is C21H25N5O2. The Balaban J connectivity index is 1.63. The fraction of sp³-hybridized carbons (Fsp3) is 0.476. The van der Waals surface area contributed by atoms with E-state index in [9.17, 15) is 0 Å². The normalized spacial score (nSPS) is 21.3. The molecule has 3 aromatic rings. The Hall–Kier alpha value is -2.51. The van der Waals surface area contributed by atoms with E-state index in [1.54, 1.807) is 0 Å². The maximum Gasteiger partial charge on any atom is 0.162 e. The van der Waals surface area contributed by atoms with Gasteiger partial charge in [-0.25, -0.2) is 15.0 Å². The van der Waals surface area contributed by atoms with Crippen LogP contribution in [0.1, 0.15) is 31.4 Å². The third-order valence-electron chi connectivity index (χ3n) is 5.74. The third-order valence-corrected chi connectivity index (χ3v) is 5.74. The van der Waals surface area contributed by atoms with Crippen molar-refractivity contribution in [1.29, 1.82) is 0 Å². The molecule has 0 saturated carbocycles. The molecule has 0 unspecified atom stereocenters. The lowest BCUT2D eigenvalue weighted by atomic mass is 9.96. The van der Waals surface area contributed by atoms with Crippen LogP contribution in [0.2, 0.25) is 0 Å². The van der Waals surface area contributed by atoms with E-state index in [0.29, 0.717) is 12.0 Å². The SMILES string of the molecule is C[C@@H]1COCCN1c1cc(C2CCOCC2)nc(-c2ccnc3[nH]ccc23)n1. The number of nitrogens with zero attached hydrogens (tertiary/aromatic N) is 4. The molecule has 0 aromatic carbocycles. The van der Waals surface area contributed by atoms with Gasteiger partial charge in [-0.05, 0) is 31.9 Å². The summed E-state index contributed by atoms with van der Waals surface area (Å²) >= 11 is 0. The molecule has 0 aliphatic carbocycles. The van der Waals surface area contributed by atoms with Gasteiger partial charge in [0.25, 0.3) is 0 Å². The predicted octanol–water partition coefficient (Wildman–Crippen LogP) is 3.14. The third kappa shape index (κ3) is 3.25. The molecular weight excluding hydrogens is 354 g/mol. The molecule has 7 heteroatoms. The van der Waals surface area contributed by atoms with E-state index in [0.717, 1.165) is 79.7 Å². The van der Waals surface area contributed by atoms with Crippen LogP contribution < -0.4 is 4.90 Å². The number of nitrogens with one attached hydrogen (secondary N) is 1. The molecule has 3 aromatic heterocycles. The molecule has 2 aliphatic rings. The molecule has 2 saturated heterocycles. The number of aromatic nitrogens is 4. The van der Waals surface area contributed by atoms with Crippen LogP contribution in [-0.2, 0) is 9.47 Å². The monoisotopic (exact) mass is 379 g/mol. The highest BCUT2D eigenvalue weighted by Crippen LogP contribution is 2.32. The number of hydrogen-bond acceptors (Lipinski definition) is 6. The van der Waals surface area contributed by atoms with Gasteiger partial charge in [0.05, 0.1) is 19.3 Å². The van der Waals surface area contributed by atoms with E-state index < -0.39 is 0 Å². The van der Waals surface area contributed by atoms with Gasteiger partial charge in [-0.2, -0.15) is 0 Å². The molecule has 5 heterocycles. The standard InChI is InChI=1S/C21H25N5O2/c1-14-13-28-11-8-26(14)19-12-18(15-4-9-27-10-5-15)24-21(25-19)17-3-7-23-20-16(17)2-6-22-20/h2-3,6-7,12,14-15H,4-5,8-11,13H2,1H3,(H,22,23)/t14-/m1/s1. The maximum absolute atomic E-state index is 5.63. The zero-order valence-corrected chi connectivity index (χ0v) is 16.1. The van der Waals surface area contributed by atoms with Crippen molar-refractivity contribution >= 4 is 16.9 Å². The first-order valence-electron chi connectivity index (χ1n) is 10.0. The van der Waals surface area contributed by atoms with Crippen molar-refractivity contribution in [3.05, 3.63) is 36.3 Å². The smallest absolute Gasteiger partial charge is 0.162 e. The molecule has 0 bridgehead atoms. The Kier molecular flexibility index (Phi) is 4.70. The summed E-state index contributed by atoms with van der Waals surface area (Å²) in [6.07, 6.45) is 5.74. The summed E-state index contributed by atoms with van der Waals surface area (Å²) in [5.41, 5.74) is 2.99. The van der Waals surface area contributed by atoms with Gasteiger partial charge < -0.3 is 19.4 Å². The molecule has 0 radical (unpaired) electrons. The van der Waals surface area contributed by atoms with Crippen LogP contribution in [0.5, 0.6) is 0 Å². The summed E-state index contributed by atoms with van der Waals surface area (Å²) in [5.74, 6) is 2.17. The zero-order chi connectivity index (χ0) is 18.9. The van der Waals surface area contributed by atoms with Gasteiger partial charge in [-0.15, -0.1) is 0 Å². The minimum absolute atomic E-state index is 0.295. The topological polar surface area (TPSA) is 76.2 Å². The number of pyridine rings is 1. The van der Waals surface area contributed by atoms with Crippen molar-refractivity contribution in [3.63, 3.8) is 0 Å². The minimum atomic E-state index is 0.295. The Morgan fingerprint density at radius 2 is 2.00 bits per heavy atom. The van der Waals surface area contributed by atoms with Gasteiger partial charge in [0.2, 0.25) is 0 Å². The van der Waals surface area contributed by atoms with Crippen LogP contribution in [0.3, 0.4) is 0 Å². The number of H-pyrrole nitrogens is 1. The van der Waals surface area contributed by atoms with Crippen LogP contribution in [0.15, 0.2) is 30.6 Å². The highest BCUT2D eigenvalue weighted by Gasteiger charge is 2.25. The van der Waals surface area contributed by atoms with Crippen molar-refractivity contribution < 1.29 is 9.47 Å². The zero-order valence-electron chi connectivity index (χ0n) is 16.1. The second-order valence-corrected chi connectivity index (χ2v) is 7.58. The summed E-state index contributed by atoms with van der Waals surface area (Å²) in [4.78, 5) is 19.9. The van der Waals surface area contributed by atoms with E-state index in [4.69, 9.17) is 19.4 Å². The molecule has 0 amide bonds. The Bertz CT molecular complexity index is 966. The van der Waals surface area contributed by atoms with Gasteiger partial charge >= 0.3 is 0 Å². The van der Waals surface area contributed by atoms with E-state index in [2.05, 4.69) is 27.9 Å². The number of anilines is 1. The lowest BCUT2D eigenvalue weighted by Gasteiger charge is -2.35. The minimum Gasteiger partial charge on any atom is -0.381 e. The number of morpholine rings is 1. The fourth-order valence-electron chi connectivity index (χ4n) is 4.15. The average molecular weight is 379 g/mol. The van der Waals surface area contributed by atoms with E-state index in [1.807, 2.05) is 24.5 Å². The van der Waals surface area contributed by atoms with Crippen LogP contribution in [-0.4, -0.2) is 59.0 Å². The predicted molar refractivity (Wildman–Crippen MR) is 108 cm³/mol. The number of rotatable bonds is 3. The highest BCUT2D eigenvalue weighted by molar-refractivity contribution is 5.91. The van der Waals surface area contributed by atoms with E-state index in [1.165, 1.54) is 0 Å². The Morgan fingerprint density at radius 1 is 1.11 bits per heavy atom. The summed E-state index contributed by atoms with van der Waals surface area (Å²) in [6, 6.07) is 6.52. The molecule has 2 aliphatic heterocycles. The van der Waals surface area contributed by atoms with Gasteiger partial charge in [0, 0.05) is 60.8 Å². The Labute approximate surface area is 164 Å². The lowest BCUT2D eigenvalue weighted by Crippen LogP contribution is -2.44. The summed E-state index contributed by atoms with van der Waals surface area (Å²) in [7, 11) is 0. The number of fused-ring (bicyclic) bond motifs is 1. The number of hydrogen-bond donors (Lipinski definition) is 1. The first-order chi connectivity index (χ1) is 13.8.